The molecule has 2 aliphatic rings. The molecule has 0 aromatic heterocycles. The molecule has 0 aromatic carbocycles. The van der Waals surface area contributed by atoms with Gasteiger partial charge in [0.2, 0.25) is 0 Å². The molecule has 0 aliphatic carbocycles. The molecule has 0 amide bonds. The summed E-state index contributed by atoms with van der Waals surface area (Å²) in [4.78, 5) is 15.4. The van der Waals surface area contributed by atoms with Crippen LogP contribution in [0.2, 0.25) is 0 Å². The summed E-state index contributed by atoms with van der Waals surface area (Å²) in [5.74, 6) is -0.224. The van der Waals surface area contributed by atoms with Crippen molar-refractivity contribution in [1.82, 2.24) is 5.32 Å². The van der Waals surface area contributed by atoms with E-state index in [1.54, 1.807) is 0 Å². The molecule has 2 heterocycles. The predicted octanol–water partition coefficient (Wildman–Crippen LogP) is -0.491. The second-order valence-corrected chi connectivity index (χ2v) is 2.51. The van der Waals surface area contributed by atoms with Gasteiger partial charge in [0, 0.05) is 6.54 Å². The zero-order valence-electron chi connectivity index (χ0n) is 5.46. The van der Waals surface area contributed by atoms with Crippen LogP contribution < -0.4 is 5.32 Å². The number of piperidine rings is 1. The van der Waals surface area contributed by atoms with Crippen molar-refractivity contribution < 1.29 is 9.63 Å². The van der Waals surface area contributed by atoms with Crippen LogP contribution in [0.15, 0.2) is 5.16 Å². The Labute approximate surface area is 58.2 Å². The fraction of sp³-hybridized carbons (Fsp3) is 0.667. The Balaban J connectivity index is 2.18. The van der Waals surface area contributed by atoms with Crippen molar-refractivity contribution in [2.24, 2.45) is 11.1 Å². The van der Waals surface area contributed by atoms with E-state index in [2.05, 4.69) is 15.3 Å². The second kappa shape index (κ2) is 2.05. The highest BCUT2D eigenvalue weighted by Crippen LogP contribution is 2.17. The molecule has 4 heteroatoms. The van der Waals surface area contributed by atoms with Gasteiger partial charge in [0.25, 0.3) is 0 Å². The highest BCUT2D eigenvalue weighted by Gasteiger charge is 2.33. The van der Waals surface area contributed by atoms with Gasteiger partial charge in [-0.1, -0.05) is 5.16 Å². The smallest absolute Gasteiger partial charge is 0.318 e. The Kier molecular flexibility index (Phi) is 1.20. The molecular formula is C6H8N2O2. The maximum absolute atomic E-state index is 10.8. The fourth-order valence-electron chi connectivity index (χ4n) is 1.27. The second-order valence-electron chi connectivity index (χ2n) is 2.51. The number of nitrogens with one attached hydrogen (secondary N) is 1. The lowest BCUT2D eigenvalue weighted by molar-refractivity contribution is -0.143. The molecule has 0 radical (unpaired) electrons. The van der Waals surface area contributed by atoms with Gasteiger partial charge in [-0.3, -0.25) is 0 Å². The zero-order valence-corrected chi connectivity index (χ0v) is 5.46. The highest BCUT2D eigenvalue weighted by atomic mass is 16.7. The van der Waals surface area contributed by atoms with E-state index in [-0.39, 0.29) is 11.9 Å². The highest BCUT2D eigenvalue weighted by molar-refractivity contribution is 6.06. The van der Waals surface area contributed by atoms with Crippen LogP contribution >= 0.6 is 0 Å². The van der Waals surface area contributed by atoms with Gasteiger partial charge in [-0.15, -0.1) is 0 Å². The van der Waals surface area contributed by atoms with Gasteiger partial charge in [-0.2, -0.15) is 0 Å². The molecule has 2 rings (SSSR count). The Morgan fingerprint density at radius 1 is 1.70 bits per heavy atom. The first-order valence-corrected chi connectivity index (χ1v) is 3.36. The normalized spacial score (nSPS) is 31.0. The number of nitrogens with zero attached hydrogens (tertiary/aromatic N) is 1. The number of fused-ring (bicyclic) bond motifs is 1. The van der Waals surface area contributed by atoms with Gasteiger partial charge in [0.15, 0.2) is 0 Å². The van der Waals surface area contributed by atoms with Crippen molar-refractivity contribution >= 4 is 11.7 Å². The molecular weight excluding hydrogens is 132 g/mol. The first-order chi connectivity index (χ1) is 4.88. The summed E-state index contributed by atoms with van der Waals surface area (Å²) in [6, 6.07) is 0. The predicted molar refractivity (Wildman–Crippen MR) is 34.5 cm³/mol. The van der Waals surface area contributed by atoms with Crippen molar-refractivity contribution in [3.63, 3.8) is 0 Å². The van der Waals surface area contributed by atoms with E-state index in [0.717, 1.165) is 18.7 Å². The number of carbonyl (C=O) groups excluding carboxylic acids is 1. The van der Waals surface area contributed by atoms with E-state index in [4.69, 9.17) is 0 Å². The lowest BCUT2D eigenvalue weighted by Gasteiger charge is -2.15. The van der Waals surface area contributed by atoms with Gasteiger partial charge >= 0.3 is 5.97 Å². The third-order valence-electron chi connectivity index (χ3n) is 1.86. The SMILES string of the molecule is O=C1ON=C2CNCCC12. The van der Waals surface area contributed by atoms with E-state index in [1.807, 2.05) is 0 Å². The van der Waals surface area contributed by atoms with Gasteiger partial charge in [0.1, 0.15) is 5.92 Å². The number of oxime groups is 1. The van der Waals surface area contributed by atoms with Crippen LogP contribution in [0, 0.1) is 5.92 Å². The summed E-state index contributed by atoms with van der Waals surface area (Å²) in [5, 5.41) is 6.76. The molecule has 0 spiro atoms. The molecule has 1 fully saturated rings. The molecule has 1 N–H and O–H groups in total. The number of carbonyl (C=O) groups is 1. The van der Waals surface area contributed by atoms with Crippen LogP contribution in [-0.4, -0.2) is 24.8 Å². The van der Waals surface area contributed by atoms with Crippen LogP contribution in [0.25, 0.3) is 0 Å². The Morgan fingerprint density at radius 2 is 2.60 bits per heavy atom. The lowest BCUT2D eigenvalue weighted by atomic mass is 9.97. The molecule has 2 aliphatic heterocycles. The Hall–Kier alpha value is -0.900. The summed E-state index contributed by atoms with van der Waals surface area (Å²) in [6.45, 7) is 1.59. The summed E-state index contributed by atoms with van der Waals surface area (Å²) >= 11 is 0. The number of hydrogen-bond acceptors (Lipinski definition) is 4. The van der Waals surface area contributed by atoms with Crippen molar-refractivity contribution in [2.75, 3.05) is 13.1 Å². The topological polar surface area (TPSA) is 50.7 Å². The van der Waals surface area contributed by atoms with Gasteiger partial charge in [0.05, 0.1) is 5.71 Å². The molecule has 1 saturated heterocycles. The average molecular weight is 140 g/mol. The molecule has 1 unspecified atom stereocenters. The summed E-state index contributed by atoms with van der Waals surface area (Å²) in [5.41, 5.74) is 0.858. The number of hydrogen-bond donors (Lipinski definition) is 1. The largest absolute Gasteiger partial charge is 0.343 e. The van der Waals surface area contributed by atoms with Crippen LogP contribution in [0.5, 0.6) is 0 Å². The van der Waals surface area contributed by atoms with Crippen LogP contribution in [0.3, 0.4) is 0 Å². The molecule has 0 saturated carbocycles. The quantitative estimate of drug-likeness (QED) is 0.462. The molecule has 0 bridgehead atoms. The monoisotopic (exact) mass is 140 g/mol. The van der Waals surface area contributed by atoms with Gasteiger partial charge in [-0.25, -0.2) is 4.79 Å². The van der Waals surface area contributed by atoms with Gasteiger partial charge in [-0.05, 0) is 13.0 Å². The first-order valence-electron chi connectivity index (χ1n) is 3.36. The molecule has 54 valence electrons. The number of rotatable bonds is 0. The Bertz CT molecular complexity index is 200. The molecule has 0 aromatic rings. The van der Waals surface area contributed by atoms with Crippen LogP contribution in [0.4, 0.5) is 0 Å². The third-order valence-corrected chi connectivity index (χ3v) is 1.86. The van der Waals surface area contributed by atoms with Crippen molar-refractivity contribution in [1.29, 1.82) is 0 Å². The summed E-state index contributed by atoms with van der Waals surface area (Å²) < 4.78 is 0. The van der Waals surface area contributed by atoms with Crippen molar-refractivity contribution in [3.8, 4) is 0 Å². The maximum Gasteiger partial charge on any atom is 0.343 e. The molecule has 4 nitrogen and oxygen atoms in total. The average Bonchev–Trinajstić information content (AvgIpc) is 2.34. The maximum atomic E-state index is 10.8. The summed E-state index contributed by atoms with van der Waals surface area (Å²) in [6.07, 6.45) is 0.831. The van der Waals surface area contributed by atoms with Gasteiger partial charge < -0.3 is 10.2 Å². The minimum atomic E-state index is -0.184. The lowest BCUT2D eigenvalue weighted by Crippen LogP contribution is -2.37. The van der Waals surface area contributed by atoms with E-state index in [0.29, 0.717) is 6.54 Å². The minimum Gasteiger partial charge on any atom is -0.318 e. The first kappa shape index (κ1) is 5.85. The molecule has 10 heavy (non-hydrogen) atoms. The fourth-order valence-corrected chi connectivity index (χ4v) is 1.27. The minimum absolute atomic E-state index is 0.0405. The molecule has 1 atom stereocenters. The van der Waals surface area contributed by atoms with Crippen molar-refractivity contribution in [2.45, 2.75) is 6.42 Å². The standard InChI is InChI=1S/C6H8N2O2/c9-6-4-1-2-7-3-5(4)8-10-6/h4,7H,1-3H2. The van der Waals surface area contributed by atoms with Crippen LogP contribution in [-0.2, 0) is 9.63 Å². The Morgan fingerprint density at radius 3 is 3.40 bits per heavy atom. The van der Waals surface area contributed by atoms with E-state index >= 15 is 0 Å². The third kappa shape index (κ3) is 0.724. The van der Waals surface area contributed by atoms with Crippen molar-refractivity contribution in [3.05, 3.63) is 0 Å². The van der Waals surface area contributed by atoms with E-state index in [9.17, 15) is 4.79 Å². The summed E-state index contributed by atoms with van der Waals surface area (Å²) in [7, 11) is 0. The van der Waals surface area contributed by atoms with E-state index in [1.165, 1.54) is 0 Å². The zero-order chi connectivity index (χ0) is 6.97. The van der Waals surface area contributed by atoms with Crippen LogP contribution in [0.1, 0.15) is 6.42 Å². The van der Waals surface area contributed by atoms with E-state index < -0.39 is 0 Å².